The Balaban J connectivity index is 1.98. The van der Waals surface area contributed by atoms with Crippen molar-refractivity contribution in [2.45, 2.75) is 20.3 Å². The molecule has 3 rings (SSSR count). The Bertz CT molecular complexity index is 885. The van der Waals surface area contributed by atoms with Gasteiger partial charge in [-0.15, -0.1) is 0 Å². The number of aromatic nitrogens is 2. The van der Waals surface area contributed by atoms with Crippen molar-refractivity contribution in [3.63, 3.8) is 0 Å². The predicted molar refractivity (Wildman–Crippen MR) is 95.5 cm³/mol. The van der Waals surface area contributed by atoms with Crippen LogP contribution in [-0.4, -0.2) is 36.3 Å². The second-order valence-corrected chi connectivity index (χ2v) is 5.97. The van der Waals surface area contributed by atoms with Gasteiger partial charge in [-0.2, -0.15) is 0 Å². The lowest BCUT2D eigenvalue weighted by atomic mass is 10.0. The third kappa shape index (κ3) is 3.69. The minimum absolute atomic E-state index is 0.164. The lowest BCUT2D eigenvalue weighted by Crippen LogP contribution is -2.25. The number of hydrogen-bond acceptors (Lipinski definition) is 5. The standard InChI is InChI=1S/C19H21N3O3/c1-12-5-7-14(8-6-12)16-11-15(18(23)20-9-4-10-24-3)17-13(2)22-25-19(17)21-16/h5-8,11H,4,9-10H2,1-3H3,(H,20,23). The van der Waals surface area contributed by atoms with Gasteiger partial charge >= 0.3 is 0 Å². The van der Waals surface area contributed by atoms with Crippen molar-refractivity contribution in [1.82, 2.24) is 15.5 Å². The first kappa shape index (κ1) is 17.1. The summed E-state index contributed by atoms with van der Waals surface area (Å²) in [6.07, 6.45) is 0.754. The van der Waals surface area contributed by atoms with Crippen LogP contribution in [0.1, 0.15) is 28.0 Å². The van der Waals surface area contributed by atoms with E-state index >= 15 is 0 Å². The Hall–Kier alpha value is -2.73. The summed E-state index contributed by atoms with van der Waals surface area (Å²) in [6.45, 7) is 4.98. The van der Waals surface area contributed by atoms with E-state index < -0.39 is 0 Å². The van der Waals surface area contributed by atoms with Crippen molar-refractivity contribution >= 4 is 17.0 Å². The number of aryl methyl sites for hydroxylation is 2. The Morgan fingerprint density at radius 3 is 2.72 bits per heavy atom. The van der Waals surface area contributed by atoms with E-state index in [0.29, 0.717) is 41.2 Å². The van der Waals surface area contributed by atoms with Gasteiger partial charge in [0.15, 0.2) is 0 Å². The summed E-state index contributed by atoms with van der Waals surface area (Å²) in [5.41, 5.74) is 4.33. The number of hydrogen-bond donors (Lipinski definition) is 1. The highest BCUT2D eigenvalue weighted by molar-refractivity contribution is 6.06. The molecule has 0 unspecified atom stereocenters. The number of benzene rings is 1. The van der Waals surface area contributed by atoms with Crippen molar-refractivity contribution in [2.24, 2.45) is 0 Å². The third-order valence-corrected chi connectivity index (χ3v) is 4.02. The molecule has 0 fully saturated rings. The van der Waals surface area contributed by atoms with Crippen LogP contribution in [0.3, 0.4) is 0 Å². The number of ether oxygens (including phenoxy) is 1. The second kappa shape index (κ2) is 7.44. The zero-order valence-electron chi connectivity index (χ0n) is 14.6. The monoisotopic (exact) mass is 339 g/mol. The number of carbonyl (C=O) groups excluding carboxylic acids is 1. The molecule has 2 heterocycles. The van der Waals surface area contributed by atoms with Gasteiger partial charge in [0.1, 0.15) is 0 Å². The minimum atomic E-state index is -0.164. The van der Waals surface area contributed by atoms with Crippen LogP contribution in [0.25, 0.3) is 22.4 Å². The first-order valence-corrected chi connectivity index (χ1v) is 8.21. The Morgan fingerprint density at radius 1 is 1.24 bits per heavy atom. The summed E-state index contributed by atoms with van der Waals surface area (Å²) in [7, 11) is 1.64. The SMILES string of the molecule is COCCCNC(=O)c1cc(-c2ccc(C)cc2)nc2onc(C)c12. The molecular weight excluding hydrogens is 318 g/mol. The molecule has 2 aromatic heterocycles. The van der Waals surface area contributed by atoms with Crippen LogP contribution in [-0.2, 0) is 4.74 Å². The van der Waals surface area contributed by atoms with Crippen LogP contribution in [0, 0.1) is 13.8 Å². The zero-order valence-corrected chi connectivity index (χ0v) is 14.6. The quantitative estimate of drug-likeness (QED) is 0.698. The largest absolute Gasteiger partial charge is 0.385 e. The van der Waals surface area contributed by atoms with E-state index in [0.717, 1.165) is 17.5 Å². The third-order valence-electron chi connectivity index (χ3n) is 4.02. The first-order chi connectivity index (χ1) is 12.1. The molecule has 25 heavy (non-hydrogen) atoms. The summed E-state index contributed by atoms with van der Waals surface area (Å²) < 4.78 is 10.3. The first-order valence-electron chi connectivity index (χ1n) is 8.21. The number of rotatable bonds is 6. The van der Waals surface area contributed by atoms with Gasteiger partial charge in [-0.3, -0.25) is 4.79 Å². The topological polar surface area (TPSA) is 77.2 Å². The molecule has 0 spiro atoms. The van der Waals surface area contributed by atoms with Crippen LogP contribution < -0.4 is 5.32 Å². The fourth-order valence-electron chi connectivity index (χ4n) is 2.66. The molecule has 0 radical (unpaired) electrons. The van der Waals surface area contributed by atoms with Crippen molar-refractivity contribution in [3.8, 4) is 11.3 Å². The smallest absolute Gasteiger partial charge is 0.259 e. The number of pyridine rings is 1. The zero-order chi connectivity index (χ0) is 17.8. The van der Waals surface area contributed by atoms with E-state index in [9.17, 15) is 4.79 Å². The van der Waals surface area contributed by atoms with Gasteiger partial charge in [-0.25, -0.2) is 4.98 Å². The van der Waals surface area contributed by atoms with E-state index in [1.807, 2.05) is 31.2 Å². The maximum Gasteiger partial charge on any atom is 0.259 e. The van der Waals surface area contributed by atoms with E-state index in [4.69, 9.17) is 9.26 Å². The molecule has 3 aromatic rings. The van der Waals surface area contributed by atoms with Gasteiger partial charge in [0.25, 0.3) is 11.6 Å². The lowest BCUT2D eigenvalue weighted by molar-refractivity contribution is 0.0950. The molecule has 0 aliphatic heterocycles. The molecule has 6 heteroatoms. The average molecular weight is 339 g/mol. The molecule has 0 atom stereocenters. The summed E-state index contributed by atoms with van der Waals surface area (Å²) in [4.78, 5) is 17.2. The van der Waals surface area contributed by atoms with Gasteiger partial charge in [0.05, 0.1) is 22.3 Å². The molecule has 6 nitrogen and oxygen atoms in total. The van der Waals surface area contributed by atoms with Gasteiger partial charge in [-0.1, -0.05) is 35.0 Å². The van der Waals surface area contributed by atoms with Crippen LogP contribution in [0.15, 0.2) is 34.9 Å². The Morgan fingerprint density at radius 2 is 2.00 bits per heavy atom. The van der Waals surface area contributed by atoms with Gasteiger partial charge in [0, 0.05) is 25.8 Å². The van der Waals surface area contributed by atoms with E-state index in [1.54, 1.807) is 20.1 Å². The van der Waals surface area contributed by atoms with Crippen LogP contribution >= 0.6 is 0 Å². The fourth-order valence-corrected chi connectivity index (χ4v) is 2.66. The van der Waals surface area contributed by atoms with E-state index in [2.05, 4.69) is 15.5 Å². The second-order valence-electron chi connectivity index (χ2n) is 5.97. The molecule has 1 amide bonds. The molecule has 130 valence electrons. The highest BCUT2D eigenvalue weighted by Gasteiger charge is 2.19. The molecule has 0 saturated carbocycles. The van der Waals surface area contributed by atoms with E-state index in [1.165, 1.54) is 0 Å². The molecule has 1 N–H and O–H groups in total. The maximum atomic E-state index is 12.7. The number of nitrogens with one attached hydrogen (secondary N) is 1. The summed E-state index contributed by atoms with van der Waals surface area (Å²) in [6, 6.07) is 9.78. The molecule has 0 bridgehead atoms. The molecule has 1 aromatic carbocycles. The highest BCUT2D eigenvalue weighted by atomic mass is 16.5. The van der Waals surface area contributed by atoms with Gasteiger partial charge in [0.2, 0.25) is 0 Å². The van der Waals surface area contributed by atoms with Crippen molar-refractivity contribution < 1.29 is 14.1 Å². The number of carbonyl (C=O) groups is 1. The maximum absolute atomic E-state index is 12.7. The Kier molecular flexibility index (Phi) is 5.09. The number of amides is 1. The number of fused-ring (bicyclic) bond motifs is 1. The Labute approximate surface area is 146 Å². The fraction of sp³-hybridized carbons (Fsp3) is 0.316. The van der Waals surface area contributed by atoms with Crippen LogP contribution in [0.5, 0.6) is 0 Å². The van der Waals surface area contributed by atoms with Gasteiger partial charge < -0.3 is 14.6 Å². The number of methoxy groups -OCH3 is 1. The van der Waals surface area contributed by atoms with Crippen LogP contribution in [0.2, 0.25) is 0 Å². The number of nitrogens with zero attached hydrogens (tertiary/aromatic N) is 2. The summed E-state index contributed by atoms with van der Waals surface area (Å²) in [5, 5.41) is 7.53. The van der Waals surface area contributed by atoms with E-state index in [-0.39, 0.29) is 5.91 Å². The highest BCUT2D eigenvalue weighted by Crippen LogP contribution is 2.27. The normalized spacial score (nSPS) is 11.0. The molecular formula is C19H21N3O3. The molecule has 0 aliphatic rings. The lowest BCUT2D eigenvalue weighted by Gasteiger charge is -2.08. The molecule has 0 saturated heterocycles. The predicted octanol–water partition coefficient (Wildman–Crippen LogP) is 3.27. The van der Waals surface area contributed by atoms with Crippen molar-refractivity contribution in [2.75, 3.05) is 20.3 Å². The average Bonchev–Trinajstić information content (AvgIpc) is 2.99. The van der Waals surface area contributed by atoms with Crippen molar-refractivity contribution in [1.29, 1.82) is 0 Å². The van der Waals surface area contributed by atoms with Crippen LogP contribution in [0.4, 0.5) is 0 Å². The molecule has 0 aliphatic carbocycles. The summed E-state index contributed by atoms with van der Waals surface area (Å²) in [5.74, 6) is -0.164. The minimum Gasteiger partial charge on any atom is -0.385 e. The van der Waals surface area contributed by atoms with Crippen molar-refractivity contribution in [3.05, 3.63) is 47.2 Å². The summed E-state index contributed by atoms with van der Waals surface area (Å²) >= 11 is 0. The van der Waals surface area contributed by atoms with Gasteiger partial charge in [-0.05, 0) is 26.3 Å².